The molecular formula is C4F8O. The van der Waals surface area contributed by atoms with Gasteiger partial charge in [-0.15, -0.1) is 0 Å². The van der Waals surface area contributed by atoms with Gasteiger partial charge in [0.25, 0.3) is 0 Å². The molecule has 1 fully saturated rings. The molecular weight excluding hydrogens is 216 g/mol. The third kappa shape index (κ3) is 0.960. The summed E-state index contributed by atoms with van der Waals surface area (Å²) in [4.78, 5) is 0. The lowest BCUT2D eigenvalue weighted by Gasteiger charge is -2.47. The molecule has 1 rings (SSSR count). The van der Waals surface area contributed by atoms with Gasteiger partial charge in [0.1, 0.15) is 0 Å². The smallest absolute Gasteiger partial charge is 0.249 e. The van der Waals surface area contributed by atoms with Crippen molar-refractivity contribution >= 4 is 0 Å². The van der Waals surface area contributed by atoms with Crippen molar-refractivity contribution in [1.29, 1.82) is 0 Å². The van der Waals surface area contributed by atoms with Crippen LogP contribution >= 0.6 is 0 Å². The van der Waals surface area contributed by atoms with E-state index in [0.717, 1.165) is 0 Å². The maximum absolute atomic E-state index is 12.2. The van der Waals surface area contributed by atoms with Crippen molar-refractivity contribution in [1.82, 2.24) is 0 Å². The summed E-state index contributed by atoms with van der Waals surface area (Å²) < 4.78 is 95.9. The zero-order valence-electron chi connectivity index (χ0n) is 5.43. The summed E-state index contributed by atoms with van der Waals surface area (Å²) in [5.41, 5.74) is -5.94. The minimum absolute atomic E-state index is 2.19. The lowest BCUT2D eigenvalue weighted by molar-refractivity contribution is -0.590. The first-order valence-corrected chi connectivity index (χ1v) is 2.67. The highest BCUT2D eigenvalue weighted by Gasteiger charge is 2.95. The van der Waals surface area contributed by atoms with Crippen LogP contribution in [0.3, 0.4) is 0 Å². The molecule has 9 heteroatoms. The Morgan fingerprint density at radius 1 is 0.769 bits per heavy atom. The Kier molecular flexibility index (Phi) is 1.67. The summed E-state index contributed by atoms with van der Waals surface area (Å²) in [6.45, 7) is 0. The zero-order valence-corrected chi connectivity index (χ0v) is 5.43. The Balaban J connectivity index is 3.12. The first-order valence-electron chi connectivity index (χ1n) is 2.67. The van der Waals surface area contributed by atoms with Crippen molar-refractivity contribution in [3.05, 3.63) is 0 Å². The van der Waals surface area contributed by atoms with E-state index in [1.54, 1.807) is 0 Å². The highest BCUT2D eigenvalue weighted by molar-refractivity contribution is 5.09. The average Bonchev–Trinajstić information content (AvgIpc) is 1.80. The van der Waals surface area contributed by atoms with Gasteiger partial charge in [0, 0.05) is 0 Å². The van der Waals surface area contributed by atoms with Crippen LogP contribution in [0, 0.1) is 0 Å². The molecule has 0 saturated carbocycles. The molecule has 0 bridgehead atoms. The van der Waals surface area contributed by atoms with Gasteiger partial charge in [0.2, 0.25) is 0 Å². The maximum atomic E-state index is 12.2. The van der Waals surface area contributed by atoms with Crippen molar-refractivity contribution in [3.8, 4) is 0 Å². The van der Waals surface area contributed by atoms with E-state index >= 15 is 0 Å². The van der Waals surface area contributed by atoms with E-state index in [9.17, 15) is 35.1 Å². The molecule has 0 aromatic carbocycles. The molecule has 1 aliphatic heterocycles. The molecule has 1 heterocycles. The first-order chi connectivity index (χ1) is 5.46. The molecule has 1 nitrogen and oxygen atoms in total. The van der Waals surface area contributed by atoms with E-state index in [2.05, 4.69) is 4.74 Å². The quantitative estimate of drug-likeness (QED) is 0.565. The molecule has 0 aromatic rings. The van der Waals surface area contributed by atoms with Gasteiger partial charge in [0.15, 0.2) is 0 Å². The van der Waals surface area contributed by atoms with Gasteiger partial charge in [0.05, 0.1) is 0 Å². The minimum atomic E-state index is -6.39. The summed E-state index contributed by atoms with van der Waals surface area (Å²) in [6, 6.07) is 0. The van der Waals surface area contributed by atoms with Crippen molar-refractivity contribution < 1.29 is 39.9 Å². The summed E-state index contributed by atoms with van der Waals surface area (Å²) in [6.07, 6.45) is -17.5. The molecule has 0 unspecified atom stereocenters. The number of rotatable bonds is 0. The lowest BCUT2D eigenvalue weighted by atomic mass is 9.97. The maximum Gasteiger partial charge on any atom is 0.440 e. The molecule has 0 amide bonds. The molecule has 0 aromatic heterocycles. The van der Waals surface area contributed by atoms with E-state index in [1.165, 1.54) is 0 Å². The van der Waals surface area contributed by atoms with E-state index in [0.29, 0.717) is 0 Å². The van der Waals surface area contributed by atoms with Crippen molar-refractivity contribution in [2.75, 3.05) is 0 Å². The van der Waals surface area contributed by atoms with Crippen LogP contribution in [0.15, 0.2) is 0 Å². The summed E-state index contributed by atoms with van der Waals surface area (Å²) in [5.74, 6) is 0. The van der Waals surface area contributed by atoms with Crippen LogP contribution in [0.5, 0.6) is 0 Å². The number of hydrogen-bond acceptors (Lipinski definition) is 1. The average molecular weight is 216 g/mol. The van der Waals surface area contributed by atoms with Crippen LogP contribution in [0.4, 0.5) is 35.1 Å². The molecule has 0 radical (unpaired) electrons. The zero-order chi connectivity index (χ0) is 10.7. The molecule has 1 aliphatic rings. The van der Waals surface area contributed by atoms with Crippen molar-refractivity contribution in [2.45, 2.75) is 24.1 Å². The van der Waals surface area contributed by atoms with Gasteiger partial charge in [-0.05, 0) is 0 Å². The number of alkyl halides is 8. The SMILES string of the molecule is FC(F)(F)C1(F)C(F)(F)OC1(F)F. The van der Waals surface area contributed by atoms with Crippen LogP contribution in [-0.2, 0) is 4.74 Å². The van der Waals surface area contributed by atoms with E-state index < -0.39 is 24.1 Å². The largest absolute Gasteiger partial charge is 0.440 e. The standard InChI is InChI=1S/C4F8O/c5-1(2(6,7)8)3(9,10)13-4(1,11)12. The predicted molar refractivity (Wildman–Crippen MR) is 20.9 cm³/mol. The van der Waals surface area contributed by atoms with Crippen molar-refractivity contribution in [3.63, 3.8) is 0 Å². The molecule has 13 heavy (non-hydrogen) atoms. The van der Waals surface area contributed by atoms with Crippen LogP contribution < -0.4 is 0 Å². The normalized spacial score (nSPS) is 29.5. The summed E-state index contributed by atoms with van der Waals surface area (Å²) in [5, 5.41) is 0. The molecule has 78 valence electrons. The van der Waals surface area contributed by atoms with E-state index in [4.69, 9.17) is 0 Å². The van der Waals surface area contributed by atoms with Gasteiger partial charge in [-0.2, -0.15) is 30.7 Å². The van der Waals surface area contributed by atoms with Crippen LogP contribution in [0.25, 0.3) is 0 Å². The van der Waals surface area contributed by atoms with Gasteiger partial charge in [-0.25, -0.2) is 9.13 Å². The fourth-order valence-corrected chi connectivity index (χ4v) is 0.755. The van der Waals surface area contributed by atoms with Gasteiger partial charge in [-0.1, -0.05) is 0 Å². The van der Waals surface area contributed by atoms with E-state index in [1.807, 2.05) is 0 Å². The van der Waals surface area contributed by atoms with Crippen LogP contribution in [0.1, 0.15) is 0 Å². The highest BCUT2D eigenvalue weighted by atomic mass is 19.4. The Labute approximate surface area is 65.3 Å². The topological polar surface area (TPSA) is 9.23 Å². The van der Waals surface area contributed by atoms with Gasteiger partial charge in [-0.3, -0.25) is 0 Å². The third-order valence-corrected chi connectivity index (χ3v) is 1.45. The Morgan fingerprint density at radius 3 is 1.15 bits per heavy atom. The number of hydrogen-bond donors (Lipinski definition) is 0. The third-order valence-electron chi connectivity index (χ3n) is 1.45. The summed E-state index contributed by atoms with van der Waals surface area (Å²) in [7, 11) is 0. The van der Waals surface area contributed by atoms with E-state index in [-0.39, 0.29) is 0 Å². The van der Waals surface area contributed by atoms with Crippen LogP contribution in [0.2, 0.25) is 0 Å². The molecule has 0 spiro atoms. The first kappa shape index (κ1) is 10.5. The second-order valence-electron chi connectivity index (χ2n) is 2.29. The Bertz CT molecular complexity index is 198. The molecule has 0 atom stereocenters. The monoisotopic (exact) mass is 216 g/mol. The predicted octanol–water partition coefficient (Wildman–Crippen LogP) is 2.47. The van der Waals surface area contributed by atoms with Crippen LogP contribution in [-0.4, -0.2) is 24.1 Å². The van der Waals surface area contributed by atoms with Gasteiger partial charge >= 0.3 is 24.1 Å². The fraction of sp³-hybridized carbons (Fsp3) is 1.00. The second kappa shape index (κ2) is 2.07. The minimum Gasteiger partial charge on any atom is -0.249 e. The lowest BCUT2D eigenvalue weighted by Crippen LogP contribution is -2.78. The Hall–Kier alpha value is -0.600. The molecule has 0 aliphatic carbocycles. The fourth-order valence-electron chi connectivity index (χ4n) is 0.755. The van der Waals surface area contributed by atoms with Gasteiger partial charge < -0.3 is 0 Å². The second-order valence-corrected chi connectivity index (χ2v) is 2.29. The Morgan fingerprint density at radius 2 is 1.08 bits per heavy atom. The summed E-state index contributed by atoms with van der Waals surface area (Å²) >= 11 is 0. The number of halogens is 8. The van der Waals surface area contributed by atoms with Crippen molar-refractivity contribution in [2.24, 2.45) is 0 Å². The number of ether oxygens (including phenoxy) is 1. The molecule has 1 saturated heterocycles. The highest BCUT2D eigenvalue weighted by Crippen LogP contribution is 2.63. The molecule has 0 N–H and O–H groups in total.